The molecule has 3 aromatic carbocycles. The summed E-state index contributed by atoms with van der Waals surface area (Å²) in [6, 6.07) is 22.6. The Hall–Kier alpha value is -3.51. The molecule has 2 atom stereocenters. The molecule has 1 aliphatic carbocycles. The van der Waals surface area contributed by atoms with Gasteiger partial charge in [0, 0.05) is 34.2 Å². The van der Waals surface area contributed by atoms with Crippen LogP contribution in [0.1, 0.15) is 46.5 Å². The van der Waals surface area contributed by atoms with Crippen LogP contribution in [0.15, 0.2) is 101 Å². The largest absolute Gasteiger partial charge is 0.469 e. The van der Waals surface area contributed by atoms with Gasteiger partial charge in [-0.05, 0) is 66.6 Å². The van der Waals surface area contributed by atoms with Crippen molar-refractivity contribution in [1.29, 1.82) is 0 Å². The number of hydrogen-bond donors (Lipinski definition) is 1. The normalized spacial score (nSPS) is 18.9. The first-order valence-corrected chi connectivity index (χ1v) is 13.2. The van der Waals surface area contributed by atoms with Crippen molar-refractivity contribution in [2.24, 2.45) is 0 Å². The van der Waals surface area contributed by atoms with Gasteiger partial charge in [0.2, 0.25) is 0 Å². The van der Waals surface area contributed by atoms with Crippen molar-refractivity contribution in [3.63, 3.8) is 0 Å². The van der Waals surface area contributed by atoms with Crippen LogP contribution in [-0.2, 0) is 4.79 Å². The molecule has 8 heteroatoms. The fraction of sp³-hybridized carbons (Fsp3) is 0.133. The van der Waals surface area contributed by atoms with Gasteiger partial charge < -0.3 is 9.73 Å². The highest BCUT2D eigenvalue weighted by Gasteiger charge is 2.42. The van der Waals surface area contributed by atoms with E-state index in [1.54, 1.807) is 41.5 Å². The average molecular weight is 564 g/mol. The standard InChI is InChI=1S/C30H21Cl3N2O3/c31-20-10-7-17(8-11-20)29-28-24(15-19(16-26(28)36)27-6-3-13-38-27)34-23-4-1-2-5-25(23)35(29)30(37)18-9-12-21(32)22(33)14-18/h1-14,19,29,34H,15-16H2/t19-,29+/m1/s1. The molecule has 5 nitrogen and oxygen atoms in total. The predicted molar refractivity (Wildman–Crippen MR) is 150 cm³/mol. The van der Waals surface area contributed by atoms with Crippen LogP contribution in [-0.4, -0.2) is 11.7 Å². The zero-order valence-corrected chi connectivity index (χ0v) is 22.2. The molecule has 0 bridgehead atoms. The summed E-state index contributed by atoms with van der Waals surface area (Å²) in [6.45, 7) is 0. The summed E-state index contributed by atoms with van der Waals surface area (Å²) < 4.78 is 5.66. The number of hydrogen-bond acceptors (Lipinski definition) is 4. The van der Waals surface area contributed by atoms with Crippen molar-refractivity contribution >= 4 is 57.9 Å². The van der Waals surface area contributed by atoms with Gasteiger partial charge in [0.15, 0.2) is 5.78 Å². The summed E-state index contributed by atoms with van der Waals surface area (Å²) in [4.78, 5) is 29.9. The molecule has 38 heavy (non-hydrogen) atoms. The topological polar surface area (TPSA) is 62.6 Å². The lowest BCUT2D eigenvalue weighted by atomic mass is 9.80. The van der Waals surface area contributed by atoms with E-state index < -0.39 is 6.04 Å². The molecule has 0 unspecified atom stereocenters. The van der Waals surface area contributed by atoms with E-state index in [4.69, 9.17) is 39.2 Å². The lowest BCUT2D eigenvalue weighted by molar-refractivity contribution is -0.116. The van der Waals surface area contributed by atoms with Crippen LogP contribution in [0.5, 0.6) is 0 Å². The van der Waals surface area contributed by atoms with Gasteiger partial charge in [-0.25, -0.2) is 0 Å². The Bertz CT molecular complexity index is 1580. The number of para-hydroxylation sites is 2. The zero-order chi connectivity index (χ0) is 26.4. The van der Waals surface area contributed by atoms with Crippen molar-refractivity contribution in [3.05, 3.63) is 128 Å². The summed E-state index contributed by atoms with van der Waals surface area (Å²) in [7, 11) is 0. The summed E-state index contributed by atoms with van der Waals surface area (Å²) in [5, 5.41) is 4.69. The number of Topliss-reactive ketones (excluding diaryl/α,β-unsaturated/α-hetero) is 1. The maximum absolute atomic E-state index is 14.3. The monoisotopic (exact) mass is 562 g/mol. The first kappa shape index (κ1) is 24.8. The van der Waals surface area contributed by atoms with Crippen molar-refractivity contribution in [2.45, 2.75) is 24.8 Å². The molecule has 0 fully saturated rings. The third-order valence-corrected chi connectivity index (χ3v) is 8.00. The molecule has 1 aliphatic heterocycles. The van der Waals surface area contributed by atoms with Crippen molar-refractivity contribution in [3.8, 4) is 0 Å². The van der Waals surface area contributed by atoms with E-state index in [2.05, 4.69) is 5.32 Å². The van der Waals surface area contributed by atoms with Crippen molar-refractivity contribution < 1.29 is 14.0 Å². The predicted octanol–water partition coefficient (Wildman–Crippen LogP) is 8.45. The van der Waals surface area contributed by atoms with Crippen LogP contribution in [0.3, 0.4) is 0 Å². The number of nitrogens with zero attached hydrogens (tertiary/aromatic N) is 1. The maximum Gasteiger partial charge on any atom is 0.259 e. The number of carbonyl (C=O) groups excluding carboxylic acids is 2. The molecule has 2 heterocycles. The van der Waals surface area contributed by atoms with Gasteiger partial charge in [-0.1, -0.05) is 59.1 Å². The second-order valence-corrected chi connectivity index (χ2v) is 10.6. The number of allylic oxidation sites excluding steroid dienone is 1. The lowest BCUT2D eigenvalue weighted by Crippen LogP contribution is -2.38. The number of rotatable bonds is 3. The molecule has 2 aliphatic rings. The fourth-order valence-corrected chi connectivity index (χ4v) is 5.69. The SMILES string of the molecule is O=C1C[C@H](c2ccco2)CC2=C1[C@H](c1ccc(Cl)cc1)N(C(=O)c1ccc(Cl)c(Cl)c1)c1ccccc1N2. The minimum absolute atomic E-state index is 0.0557. The Labute approximate surface area is 234 Å². The van der Waals surface area contributed by atoms with Gasteiger partial charge in [0.25, 0.3) is 5.91 Å². The third kappa shape index (κ3) is 4.41. The van der Waals surface area contributed by atoms with E-state index in [1.165, 1.54) is 0 Å². The number of furan rings is 1. The highest BCUT2D eigenvalue weighted by molar-refractivity contribution is 6.42. The van der Waals surface area contributed by atoms with E-state index in [-0.39, 0.29) is 29.1 Å². The lowest BCUT2D eigenvalue weighted by Gasteiger charge is -2.35. The van der Waals surface area contributed by atoms with Gasteiger partial charge in [-0.2, -0.15) is 0 Å². The number of amides is 1. The molecular weight excluding hydrogens is 543 g/mol. The summed E-state index contributed by atoms with van der Waals surface area (Å²) in [5.41, 5.74) is 3.78. The van der Waals surface area contributed by atoms with Crippen LogP contribution in [0.2, 0.25) is 15.1 Å². The molecule has 4 aromatic rings. The van der Waals surface area contributed by atoms with Gasteiger partial charge in [-0.15, -0.1) is 0 Å². The van der Waals surface area contributed by atoms with Crippen LogP contribution in [0, 0.1) is 0 Å². The average Bonchev–Trinajstić information content (AvgIpc) is 3.41. The Morgan fingerprint density at radius 1 is 0.895 bits per heavy atom. The van der Waals surface area contributed by atoms with Crippen LogP contribution >= 0.6 is 34.8 Å². The van der Waals surface area contributed by atoms with Gasteiger partial charge in [0.05, 0.1) is 33.7 Å². The minimum Gasteiger partial charge on any atom is -0.469 e. The third-order valence-electron chi connectivity index (χ3n) is 7.01. The summed E-state index contributed by atoms with van der Waals surface area (Å²) in [5.74, 6) is 0.280. The van der Waals surface area contributed by atoms with Crippen molar-refractivity contribution in [2.75, 3.05) is 10.2 Å². The molecule has 0 radical (unpaired) electrons. The Morgan fingerprint density at radius 2 is 1.68 bits per heavy atom. The van der Waals surface area contributed by atoms with Crippen LogP contribution in [0.25, 0.3) is 0 Å². The Balaban J connectivity index is 1.57. The number of ketones is 1. The molecule has 0 spiro atoms. The molecule has 190 valence electrons. The Morgan fingerprint density at radius 3 is 2.42 bits per heavy atom. The highest BCUT2D eigenvalue weighted by Crippen LogP contribution is 2.48. The van der Waals surface area contributed by atoms with Crippen LogP contribution < -0.4 is 10.2 Å². The van der Waals surface area contributed by atoms with E-state index in [1.807, 2.05) is 48.5 Å². The fourth-order valence-electron chi connectivity index (χ4n) is 5.27. The number of benzene rings is 3. The maximum atomic E-state index is 14.3. The van der Waals surface area contributed by atoms with Crippen LogP contribution in [0.4, 0.5) is 11.4 Å². The van der Waals surface area contributed by atoms with E-state index in [9.17, 15) is 9.59 Å². The second-order valence-electron chi connectivity index (χ2n) is 9.34. The highest BCUT2D eigenvalue weighted by atomic mass is 35.5. The van der Waals surface area contributed by atoms with Gasteiger partial charge in [-0.3, -0.25) is 14.5 Å². The number of fused-ring (bicyclic) bond motifs is 1. The van der Waals surface area contributed by atoms with E-state index in [0.29, 0.717) is 33.3 Å². The minimum atomic E-state index is -0.703. The molecule has 1 amide bonds. The van der Waals surface area contributed by atoms with Crippen molar-refractivity contribution in [1.82, 2.24) is 0 Å². The number of nitrogens with one attached hydrogen (secondary N) is 1. The number of carbonyl (C=O) groups is 2. The molecule has 1 N–H and O–H groups in total. The molecule has 6 rings (SSSR count). The summed E-state index contributed by atoms with van der Waals surface area (Å²) in [6.07, 6.45) is 2.44. The van der Waals surface area contributed by atoms with Gasteiger partial charge in [0.1, 0.15) is 5.76 Å². The quantitative estimate of drug-likeness (QED) is 0.272. The molecular formula is C30H21Cl3N2O3. The number of halogens is 3. The second kappa shape index (κ2) is 9.99. The smallest absolute Gasteiger partial charge is 0.259 e. The first-order chi connectivity index (χ1) is 18.4. The molecule has 1 aromatic heterocycles. The van der Waals surface area contributed by atoms with Gasteiger partial charge >= 0.3 is 0 Å². The molecule has 0 saturated carbocycles. The zero-order valence-electron chi connectivity index (χ0n) is 20.0. The first-order valence-electron chi connectivity index (χ1n) is 12.1. The summed E-state index contributed by atoms with van der Waals surface area (Å²) >= 11 is 18.7. The Kier molecular flexibility index (Phi) is 6.52. The molecule has 0 saturated heterocycles. The number of anilines is 2. The van der Waals surface area contributed by atoms with E-state index >= 15 is 0 Å². The van der Waals surface area contributed by atoms with E-state index in [0.717, 1.165) is 22.7 Å².